The molecular formula is C30H38Cl4N4O3S. The molecule has 230 valence electrons. The van der Waals surface area contributed by atoms with Crippen LogP contribution in [0.2, 0.25) is 20.1 Å². The molecule has 12 heteroatoms. The van der Waals surface area contributed by atoms with E-state index in [1.165, 1.54) is 6.92 Å². The van der Waals surface area contributed by atoms with E-state index in [0.29, 0.717) is 63.4 Å². The Labute approximate surface area is 274 Å². The summed E-state index contributed by atoms with van der Waals surface area (Å²) in [5.41, 5.74) is -0.180. The molecule has 2 N–H and O–H groups in total. The first kappa shape index (κ1) is 33.5. The van der Waals surface area contributed by atoms with Gasteiger partial charge in [-0.25, -0.2) is 0 Å². The monoisotopic (exact) mass is 674 g/mol. The largest absolute Gasteiger partial charge is 0.380 e. The molecule has 0 saturated carbocycles. The molecule has 2 aromatic carbocycles. The smallest absolute Gasteiger partial charge is 0.258 e. The maximum absolute atomic E-state index is 13.2. The second-order valence-electron chi connectivity index (χ2n) is 12.5. The number of nitrogens with zero attached hydrogens (tertiary/aromatic N) is 3. The van der Waals surface area contributed by atoms with Gasteiger partial charge in [0, 0.05) is 66.6 Å². The van der Waals surface area contributed by atoms with Crippen LogP contribution in [0.15, 0.2) is 30.3 Å². The lowest BCUT2D eigenvalue weighted by Crippen LogP contribution is -2.61. The van der Waals surface area contributed by atoms with Gasteiger partial charge in [-0.1, -0.05) is 60.3 Å². The van der Waals surface area contributed by atoms with Crippen LogP contribution in [0.5, 0.6) is 0 Å². The van der Waals surface area contributed by atoms with E-state index < -0.39 is 5.60 Å². The Kier molecular flexibility index (Phi) is 10.3. The lowest BCUT2D eigenvalue weighted by atomic mass is 9.92. The topological polar surface area (TPSA) is 76.1 Å². The predicted octanol–water partition coefficient (Wildman–Crippen LogP) is 6.28. The van der Waals surface area contributed by atoms with E-state index in [1.807, 2.05) is 4.90 Å². The zero-order valence-electron chi connectivity index (χ0n) is 24.0. The molecule has 0 aromatic heterocycles. The SMILES string of the molecule is CC1(C)CCN(C(=O)c2c(Cl)cc(NC3CN(C4CCN(C(=O)[C@@](C)(O)c5cc(Cl)ccc5Cl)CC4)C3)cc2Cl)C1.S. The summed E-state index contributed by atoms with van der Waals surface area (Å²) in [6.45, 7) is 10.0. The lowest BCUT2D eigenvalue weighted by Gasteiger charge is -2.48. The molecule has 5 rings (SSSR count). The molecule has 3 aliphatic heterocycles. The number of piperidine rings is 1. The fraction of sp³-hybridized carbons (Fsp3) is 0.533. The van der Waals surface area contributed by atoms with Crippen molar-refractivity contribution in [2.75, 3.05) is 44.6 Å². The molecule has 7 nitrogen and oxygen atoms in total. The van der Waals surface area contributed by atoms with E-state index >= 15 is 0 Å². The van der Waals surface area contributed by atoms with Crippen LogP contribution in [-0.2, 0) is 10.4 Å². The van der Waals surface area contributed by atoms with Crippen molar-refractivity contribution in [1.82, 2.24) is 14.7 Å². The van der Waals surface area contributed by atoms with Crippen molar-refractivity contribution in [2.24, 2.45) is 5.41 Å². The second-order valence-corrected chi connectivity index (χ2v) is 14.1. The van der Waals surface area contributed by atoms with Gasteiger partial charge in [0.2, 0.25) is 0 Å². The summed E-state index contributed by atoms with van der Waals surface area (Å²) in [4.78, 5) is 32.3. The van der Waals surface area contributed by atoms with E-state index in [1.54, 1.807) is 35.2 Å². The minimum Gasteiger partial charge on any atom is -0.380 e. The van der Waals surface area contributed by atoms with Gasteiger partial charge in [-0.15, -0.1) is 0 Å². The van der Waals surface area contributed by atoms with Gasteiger partial charge in [0.15, 0.2) is 5.60 Å². The first-order valence-electron chi connectivity index (χ1n) is 14.0. The summed E-state index contributed by atoms with van der Waals surface area (Å²) < 4.78 is 0. The number of amides is 2. The number of benzene rings is 2. The van der Waals surface area contributed by atoms with Crippen molar-refractivity contribution in [3.8, 4) is 0 Å². The zero-order chi connectivity index (χ0) is 29.7. The fourth-order valence-corrected chi connectivity index (χ4v) is 7.29. The number of hydrogen-bond donors (Lipinski definition) is 2. The molecule has 2 aromatic rings. The molecule has 3 saturated heterocycles. The van der Waals surface area contributed by atoms with E-state index in [4.69, 9.17) is 46.4 Å². The molecule has 0 aliphatic carbocycles. The Morgan fingerprint density at radius 2 is 1.57 bits per heavy atom. The second kappa shape index (κ2) is 12.9. The summed E-state index contributed by atoms with van der Waals surface area (Å²) in [6.07, 6.45) is 2.60. The number of rotatable bonds is 6. The summed E-state index contributed by atoms with van der Waals surface area (Å²) >= 11 is 25.5. The third-order valence-corrected chi connectivity index (χ3v) is 9.80. The predicted molar refractivity (Wildman–Crippen MR) is 176 cm³/mol. The Morgan fingerprint density at radius 1 is 0.952 bits per heavy atom. The maximum atomic E-state index is 13.2. The van der Waals surface area contributed by atoms with Crippen LogP contribution in [0, 0.1) is 5.41 Å². The van der Waals surface area contributed by atoms with Gasteiger partial charge in [-0.3, -0.25) is 14.5 Å². The van der Waals surface area contributed by atoms with Crippen molar-refractivity contribution in [3.63, 3.8) is 0 Å². The Bertz CT molecular complexity index is 1320. The highest BCUT2D eigenvalue weighted by molar-refractivity contribution is 7.59. The summed E-state index contributed by atoms with van der Waals surface area (Å²) in [5, 5.41) is 16.0. The average Bonchev–Trinajstić information content (AvgIpc) is 3.26. The fourth-order valence-electron chi connectivity index (χ4n) is 6.17. The summed E-state index contributed by atoms with van der Waals surface area (Å²) in [6, 6.07) is 8.92. The summed E-state index contributed by atoms with van der Waals surface area (Å²) in [7, 11) is 0. The molecular weight excluding hydrogens is 638 g/mol. The van der Waals surface area contributed by atoms with Gasteiger partial charge in [0.25, 0.3) is 11.8 Å². The highest BCUT2D eigenvalue weighted by Crippen LogP contribution is 2.36. The van der Waals surface area contributed by atoms with Crippen molar-refractivity contribution in [3.05, 3.63) is 61.5 Å². The molecule has 3 heterocycles. The molecule has 0 spiro atoms. The number of carbonyl (C=O) groups is 2. The molecule has 3 fully saturated rings. The quantitative estimate of drug-likeness (QED) is 0.377. The minimum atomic E-state index is -1.76. The number of likely N-dealkylation sites (tertiary alicyclic amines) is 3. The van der Waals surface area contributed by atoms with Crippen LogP contribution in [0.4, 0.5) is 5.69 Å². The zero-order valence-corrected chi connectivity index (χ0v) is 28.0. The number of nitrogens with one attached hydrogen (secondary N) is 1. The van der Waals surface area contributed by atoms with Gasteiger partial charge >= 0.3 is 0 Å². The standard InChI is InChI=1S/C30H36Cl4N4O3.H2S/c1-29(2)8-11-37(17-29)27(39)26-24(33)13-19(14-25(26)34)35-20-15-38(16-20)21-6-9-36(10-7-21)28(40)30(3,41)22-12-18(31)4-5-23(22)32;/h4-5,12-14,20-21,35,41H,6-11,15-17H2,1-3H3;1H2/t30-;/m0./s1. The van der Waals surface area contributed by atoms with Gasteiger partial charge in [-0.05, 0) is 61.9 Å². The van der Waals surface area contributed by atoms with E-state index in [2.05, 4.69) is 24.1 Å². The number of aliphatic hydroxyl groups is 1. The Balaban J connectivity index is 0.00000405. The van der Waals surface area contributed by atoms with Crippen LogP contribution < -0.4 is 5.32 Å². The molecule has 0 bridgehead atoms. The van der Waals surface area contributed by atoms with Crippen LogP contribution in [0.1, 0.15) is 56.0 Å². The van der Waals surface area contributed by atoms with Crippen LogP contribution in [0.25, 0.3) is 0 Å². The molecule has 0 unspecified atom stereocenters. The van der Waals surface area contributed by atoms with Crippen LogP contribution in [0.3, 0.4) is 0 Å². The lowest BCUT2D eigenvalue weighted by molar-refractivity contribution is -0.152. The molecule has 0 radical (unpaired) electrons. The van der Waals surface area contributed by atoms with Gasteiger partial charge in [-0.2, -0.15) is 13.5 Å². The highest BCUT2D eigenvalue weighted by atomic mass is 35.5. The first-order chi connectivity index (χ1) is 19.2. The minimum absolute atomic E-state index is 0. The van der Waals surface area contributed by atoms with Crippen molar-refractivity contribution in [2.45, 2.75) is 57.7 Å². The van der Waals surface area contributed by atoms with Gasteiger partial charge in [0.1, 0.15) is 0 Å². The van der Waals surface area contributed by atoms with Crippen molar-refractivity contribution in [1.29, 1.82) is 0 Å². The molecule has 2 amide bonds. The third-order valence-electron chi connectivity index (χ3n) is 8.64. The van der Waals surface area contributed by atoms with Gasteiger partial charge in [0.05, 0.1) is 21.7 Å². The highest BCUT2D eigenvalue weighted by Gasteiger charge is 2.41. The average molecular weight is 677 g/mol. The Hall–Kier alpha value is -1.39. The molecule has 1 atom stereocenters. The first-order valence-corrected chi connectivity index (χ1v) is 15.5. The number of anilines is 1. The third kappa shape index (κ3) is 6.96. The molecule has 42 heavy (non-hydrogen) atoms. The van der Waals surface area contributed by atoms with E-state index in [-0.39, 0.29) is 36.8 Å². The van der Waals surface area contributed by atoms with Crippen LogP contribution in [-0.4, -0.2) is 83.0 Å². The summed E-state index contributed by atoms with van der Waals surface area (Å²) in [5.74, 6) is -0.485. The van der Waals surface area contributed by atoms with Gasteiger partial charge < -0.3 is 20.2 Å². The normalized spacial score (nSPS) is 21.0. The number of halogens is 4. The maximum Gasteiger partial charge on any atom is 0.258 e. The number of hydrogen-bond acceptors (Lipinski definition) is 5. The van der Waals surface area contributed by atoms with E-state index in [0.717, 1.165) is 38.0 Å². The molecule has 3 aliphatic rings. The van der Waals surface area contributed by atoms with E-state index in [9.17, 15) is 14.7 Å². The van der Waals surface area contributed by atoms with Crippen LogP contribution >= 0.6 is 59.9 Å². The Morgan fingerprint density at radius 3 is 2.14 bits per heavy atom. The number of carbonyl (C=O) groups excluding carboxylic acids is 2. The van der Waals surface area contributed by atoms with Crippen molar-refractivity contribution >= 4 is 77.4 Å². The van der Waals surface area contributed by atoms with Crippen molar-refractivity contribution < 1.29 is 14.7 Å².